The van der Waals surface area contributed by atoms with E-state index in [2.05, 4.69) is 0 Å². The number of hydrogen-bond acceptors (Lipinski definition) is 4. The molecule has 0 saturated carbocycles. The average molecular weight is 375 g/mol. The fourth-order valence-corrected chi connectivity index (χ4v) is 3.84. The Kier molecular flexibility index (Phi) is 6.48. The molecule has 0 N–H and O–H groups in total. The van der Waals surface area contributed by atoms with Gasteiger partial charge in [-0.2, -0.15) is 0 Å². The molecule has 1 heterocycles. The number of carbonyl (C=O) groups is 1. The predicted molar refractivity (Wildman–Crippen MR) is 95.0 cm³/mol. The standard InChI is InChI=1S/C16H23ClN2O4S/c1-13-5-6-14(17)12-15(13)19(24(2,21)22)7-3-4-16(20)18-8-10-23-11-9-18/h5-6,12H,3-4,7-11H2,1-2H3. The number of ether oxygens (including phenoxy) is 1. The summed E-state index contributed by atoms with van der Waals surface area (Å²) in [5.41, 5.74) is 1.38. The number of carbonyl (C=O) groups excluding carboxylic acids is 1. The van der Waals surface area contributed by atoms with Crippen molar-refractivity contribution in [3.05, 3.63) is 28.8 Å². The molecule has 0 aliphatic carbocycles. The van der Waals surface area contributed by atoms with Gasteiger partial charge in [-0.1, -0.05) is 17.7 Å². The van der Waals surface area contributed by atoms with E-state index in [-0.39, 0.29) is 12.5 Å². The third-order valence-electron chi connectivity index (χ3n) is 3.96. The van der Waals surface area contributed by atoms with Crippen molar-refractivity contribution in [3.63, 3.8) is 0 Å². The molecule has 6 nitrogen and oxygen atoms in total. The summed E-state index contributed by atoms with van der Waals surface area (Å²) in [7, 11) is -3.45. The molecule has 1 saturated heterocycles. The third-order valence-corrected chi connectivity index (χ3v) is 5.37. The zero-order chi connectivity index (χ0) is 17.7. The summed E-state index contributed by atoms with van der Waals surface area (Å²) in [5.74, 6) is 0.0366. The smallest absolute Gasteiger partial charge is 0.232 e. The van der Waals surface area contributed by atoms with Crippen LogP contribution in [0.3, 0.4) is 0 Å². The monoisotopic (exact) mass is 374 g/mol. The normalized spacial score (nSPS) is 15.4. The van der Waals surface area contributed by atoms with E-state index >= 15 is 0 Å². The van der Waals surface area contributed by atoms with Crippen molar-refractivity contribution in [2.45, 2.75) is 19.8 Å². The summed E-state index contributed by atoms with van der Waals surface area (Å²) in [4.78, 5) is 13.9. The summed E-state index contributed by atoms with van der Waals surface area (Å²) in [6.07, 6.45) is 1.93. The van der Waals surface area contributed by atoms with Gasteiger partial charge in [-0.25, -0.2) is 8.42 Å². The van der Waals surface area contributed by atoms with Crippen molar-refractivity contribution in [2.24, 2.45) is 0 Å². The maximum atomic E-state index is 12.2. The van der Waals surface area contributed by atoms with Gasteiger partial charge in [0.1, 0.15) is 0 Å². The van der Waals surface area contributed by atoms with Gasteiger partial charge in [0, 0.05) is 31.1 Å². The molecular formula is C16H23ClN2O4S. The van der Waals surface area contributed by atoms with Crippen LogP contribution in [-0.2, 0) is 19.6 Å². The van der Waals surface area contributed by atoms with E-state index in [1.807, 2.05) is 6.92 Å². The van der Waals surface area contributed by atoms with Crippen LogP contribution in [0.15, 0.2) is 18.2 Å². The van der Waals surface area contributed by atoms with Crippen LogP contribution in [0.5, 0.6) is 0 Å². The minimum Gasteiger partial charge on any atom is -0.378 e. The number of anilines is 1. The molecule has 1 fully saturated rings. The first kappa shape index (κ1) is 19.0. The number of aryl methyl sites for hydroxylation is 1. The van der Waals surface area contributed by atoms with Crippen molar-refractivity contribution in [2.75, 3.05) is 43.4 Å². The second kappa shape index (κ2) is 8.18. The van der Waals surface area contributed by atoms with Gasteiger partial charge >= 0.3 is 0 Å². The van der Waals surface area contributed by atoms with Gasteiger partial charge in [0.25, 0.3) is 0 Å². The highest BCUT2D eigenvalue weighted by atomic mass is 35.5. The minimum absolute atomic E-state index is 0.0366. The van der Waals surface area contributed by atoms with Gasteiger partial charge in [0.2, 0.25) is 15.9 Å². The van der Waals surface area contributed by atoms with Crippen LogP contribution in [0.2, 0.25) is 5.02 Å². The lowest BCUT2D eigenvalue weighted by molar-refractivity contribution is -0.135. The highest BCUT2D eigenvalue weighted by molar-refractivity contribution is 7.92. The molecule has 1 aliphatic rings. The topological polar surface area (TPSA) is 66.9 Å². The fraction of sp³-hybridized carbons (Fsp3) is 0.562. The van der Waals surface area contributed by atoms with E-state index in [4.69, 9.17) is 16.3 Å². The van der Waals surface area contributed by atoms with Gasteiger partial charge in [-0.05, 0) is 31.0 Å². The number of amides is 1. The molecule has 0 unspecified atom stereocenters. The van der Waals surface area contributed by atoms with Crippen LogP contribution in [0, 0.1) is 6.92 Å². The number of rotatable bonds is 6. The Bertz CT molecular complexity index is 687. The Morgan fingerprint density at radius 3 is 2.62 bits per heavy atom. The molecule has 8 heteroatoms. The molecule has 0 aromatic heterocycles. The van der Waals surface area contributed by atoms with Gasteiger partial charge in [0.05, 0.1) is 25.2 Å². The van der Waals surface area contributed by atoms with E-state index in [0.29, 0.717) is 49.9 Å². The van der Waals surface area contributed by atoms with Crippen LogP contribution in [0.4, 0.5) is 5.69 Å². The first-order valence-electron chi connectivity index (χ1n) is 7.88. The first-order chi connectivity index (χ1) is 11.3. The van der Waals surface area contributed by atoms with Crippen molar-refractivity contribution in [1.29, 1.82) is 0 Å². The Balaban J connectivity index is 2.02. The lowest BCUT2D eigenvalue weighted by Gasteiger charge is -2.28. The zero-order valence-electron chi connectivity index (χ0n) is 14.0. The molecule has 24 heavy (non-hydrogen) atoms. The summed E-state index contributed by atoms with van der Waals surface area (Å²) in [6, 6.07) is 5.15. The second-order valence-corrected chi connectivity index (χ2v) is 8.21. The Labute approximate surface area is 148 Å². The largest absolute Gasteiger partial charge is 0.378 e. The van der Waals surface area contributed by atoms with E-state index in [1.54, 1.807) is 23.1 Å². The summed E-state index contributed by atoms with van der Waals surface area (Å²) in [5, 5.41) is 0.480. The van der Waals surface area contributed by atoms with Crippen molar-refractivity contribution in [3.8, 4) is 0 Å². The number of halogens is 1. The average Bonchev–Trinajstić information content (AvgIpc) is 2.53. The maximum absolute atomic E-state index is 12.2. The number of nitrogens with zero attached hydrogens (tertiary/aromatic N) is 2. The Hall–Kier alpha value is -1.31. The van der Waals surface area contributed by atoms with Crippen LogP contribution < -0.4 is 4.31 Å². The highest BCUT2D eigenvalue weighted by Gasteiger charge is 2.21. The minimum atomic E-state index is -3.45. The lowest BCUT2D eigenvalue weighted by Crippen LogP contribution is -2.41. The van der Waals surface area contributed by atoms with E-state index in [1.165, 1.54) is 4.31 Å². The summed E-state index contributed by atoms with van der Waals surface area (Å²) >= 11 is 6.00. The number of sulfonamides is 1. The quantitative estimate of drug-likeness (QED) is 0.764. The first-order valence-corrected chi connectivity index (χ1v) is 10.1. The molecule has 0 radical (unpaired) electrons. The Morgan fingerprint density at radius 1 is 1.33 bits per heavy atom. The highest BCUT2D eigenvalue weighted by Crippen LogP contribution is 2.26. The summed E-state index contributed by atoms with van der Waals surface area (Å²) in [6.45, 7) is 4.40. The van der Waals surface area contributed by atoms with Crippen molar-refractivity contribution in [1.82, 2.24) is 4.90 Å². The van der Waals surface area contributed by atoms with E-state index < -0.39 is 10.0 Å². The molecule has 1 aromatic rings. The summed E-state index contributed by atoms with van der Waals surface area (Å²) < 4.78 is 30.8. The SMILES string of the molecule is Cc1ccc(Cl)cc1N(CCCC(=O)N1CCOCC1)S(C)(=O)=O. The van der Waals surface area contributed by atoms with Gasteiger partial charge in [-0.15, -0.1) is 0 Å². The van der Waals surface area contributed by atoms with Gasteiger partial charge in [0.15, 0.2) is 0 Å². The molecule has 1 amide bonds. The predicted octanol–water partition coefficient (Wildman–Crippen LogP) is 2.05. The molecule has 1 aliphatic heterocycles. The molecule has 0 bridgehead atoms. The molecule has 134 valence electrons. The lowest BCUT2D eigenvalue weighted by atomic mass is 10.2. The fourth-order valence-electron chi connectivity index (χ4n) is 2.66. The third kappa shape index (κ3) is 5.09. The number of benzene rings is 1. The van der Waals surface area contributed by atoms with Crippen LogP contribution in [0.25, 0.3) is 0 Å². The number of hydrogen-bond donors (Lipinski definition) is 0. The second-order valence-electron chi connectivity index (χ2n) is 5.86. The van der Waals surface area contributed by atoms with Crippen LogP contribution in [-0.4, -0.2) is 58.3 Å². The van der Waals surface area contributed by atoms with Crippen molar-refractivity contribution < 1.29 is 17.9 Å². The zero-order valence-corrected chi connectivity index (χ0v) is 15.6. The Morgan fingerprint density at radius 2 is 2.00 bits per heavy atom. The molecule has 0 spiro atoms. The van der Waals surface area contributed by atoms with Crippen LogP contribution >= 0.6 is 11.6 Å². The van der Waals surface area contributed by atoms with Crippen LogP contribution in [0.1, 0.15) is 18.4 Å². The van der Waals surface area contributed by atoms with E-state index in [0.717, 1.165) is 11.8 Å². The molecule has 2 rings (SSSR count). The van der Waals surface area contributed by atoms with E-state index in [9.17, 15) is 13.2 Å². The molecule has 0 atom stereocenters. The molecule has 1 aromatic carbocycles. The van der Waals surface area contributed by atoms with Gasteiger partial charge < -0.3 is 9.64 Å². The van der Waals surface area contributed by atoms with Gasteiger partial charge in [-0.3, -0.25) is 9.10 Å². The number of morpholine rings is 1. The molecular weight excluding hydrogens is 352 g/mol. The maximum Gasteiger partial charge on any atom is 0.232 e. The van der Waals surface area contributed by atoms with Crippen molar-refractivity contribution >= 4 is 33.2 Å².